The molecule has 2 aromatic rings. The van der Waals surface area contributed by atoms with Crippen LogP contribution in [0.15, 0.2) is 46.0 Å². The lowest BCUT2D eigenvalue weighted by Crippen LogP contribution is -2.02. The predicted octanol–water partition coefficient (Wildman–Crippen LogP) is 3.61. The van der Waals surface area contributed by atoms with Crippen molar-refractivity contribution in [1.82, 2.24) is 0 Å². The van der Waals surface area contributed by atoms with Crippen LogP contribution in [-0.4, -0.2) is 31.5 Å². The summed E-state index contributed by atoms with van der Waals surface area (Å²) in [5.74, 6) is 0.181. The van der Waals surface area contributed by atoms with Crippen molar-refractivity contribution in [3.8, 4) is 11.5 Å². The van der Waals surface area contributed by atoms with Gasteiger partial charge in [-0.3, -0.25) is 5.43 Å². The van der Waals surface area contributed by atoms with Crippen LogP contribution >= 0.6 is 15.9 Å². The highest BCUT2D eigenvalue weighted by Crippen LogP contribution is 2.27. The highest BCUT2D eigenvalue weighted by molar-refractivity contribution is 9.10. The monoisotopic (exact) mass is 378 g/mol. The van der Waals surface area contributed by atoms with Gasteiger partial charge in [0.25, 0.3) is 0 Å². The fourth-order valence-electron chi connectivity index (χ4n) is 1.90. The Labute approximate surface area is 141 Å². The molecule has 0 aromatic heterocycles. The summed E-state index contributed by atoms with van der Waals surface area (Å²) in [7, 11) is 3.12. The van der Waals surface area contributed by atoms with Gasteiger partial charge in [0, 0.05) is 4.47 Å². The van der Waals surface area contributed by atoms with E-state index < -0.39 is 5.97 Å². The van der Waals surface area contributed by atoms with E-state index in [-0.39, 0.29) is 5.56 Å². The van der Waals surface area contributed by atoms with Gasteiger partial charge < -0.3 is 14.6 Å². The van der Waals surface area contributed by atoms with E-state index in [2.05, 4.69) is 26.5 Å². The van der Waals surface area contributed by atoms with E-state index in [1.165, 1.54) is 6.07 Å². The van der Waals surface area contributed by atoms with Gasteiger partial charge in [-0.05, 0) is 42.0 Å². The van der Waals surface area contributed by atoms with Crippen molar-refractivity contribution in [3.05, 3.63) is 52.0 Å². The number of aromatic carboxylic acids is 1. The second-order valence-electron chi connectivity index (χ2n) is 4.48. The van der Waals surface area contributed by atoms with Crippen LogP contribution in [0.25, 0.3) is 0 Å². The average Bonchev–Trinajstić information content (AvgIpc) is 2.55. The van der Waals surface area contributed by atoms with Crippen molar-refractivity contribution in [3.63, 3.8) is 0 Å². The maximum absolute atomic E-state index is 11.2. The minimum atomic E-state index is -1.03. The Morgan fingerprint density at radius 3 is 2.57 bits per heavy atom. The van der Waals surface area contributed by atoms with Crippen LogP contribution < -0.4 is 14.9 Å². The Hall–Kier alpha value is -2.54. The van der Waals surface area contributed by atoms with Gasteiger partial charge in [0.05, 0.1) is 31.7 Å². The first kappa shape index (κ1) is 16.8. The molecule has 0 aliphatic rings. The van der Waals surface area contributed by atoms with Gasteiger partial charge in [-0.25, -0.2) is 4.79 Å². The van der Waals surface area contributed by atoms with E-state index in [1.54, 1.807) is 44.7 Å². The Morgan fingerprint density at radius 1 is 1.17 bits per heavy atom. The number of ether oxygens (including phenoxy) is 2. The van der Waals surface area contributed by atoms with Crippen molar-refractivity contribution in [2.45, 2.75) is 0 Å². The molecule has 2 N–H and O–H groups in total. The highest BCUT2D eigenvalue weighted by atomic mass is 79.9. The lowest BCUT2D eigenvalue weighted by Gasteiger charge is -2.08. The number of nitrogens with zero attached hydrogens (tertiary/aromatic N) is 1. The molecule has 0 unspecified atom stereocenters. The molecule has 0 aliphatic heterocycles. The normalized spacial score (nSPS) is 10.6. The van der Waals surface area contributed by atoms with Crippen molar-refractivity contribution in [1.29, 1.82) is 0 Å². The summed E-state index contributed by atoms with van der Waals surface area (Å²) in [6, 6.07) is 10.2. The molecule has 0 heterocycles. The van der Waals surface area contributed by atoms with Crippen LogP contribution in [0.1, 0.15) is 15.9 Å². The Kier molecular flexibility index (Phi) is 5.59. The number of rotatable bonds is 6. The number of hydrogen-bond donors (Lipinski definition) is 2. The van der Waals surface area contributed by atoms with Crippen molar-refractivity contribution in [2.24, 2.45) is 5.10 Å². The van der Waals surface area contributed by atoms with Crippen molar-refractivity contribution >= 4 is 33.8 Å². The summed E-state index contributed by atoms with van der Waals surface area (Å²) in [5.41, 5.74) is 4.04. The van der Waals surface area contributed by atoms with Gasteiger partial charge in [0.15, 0.2) is 11.5 Å². The summed E-state index contributed by atoms with van der Waals surface area (Å²) in [6.45, 7) is 0. The maximum Gasteiger partial charge on any atom is 0.337 e. The summed E-state index contributed by atoms with van der Waals surface area (Å²) in [5, 5.41) is 13.3. The fourth-order valence-corrected chi connectivity index (χ4v) is 2.26. The van der Waals surface area contributed by atoms with E-state index in [4.69, 9.17) is 9.47 Å². The minimum absolute atomic E-state index is 0.129. The molecule has 7 heteroatoms. The first-order chi connectivity index (χ1) is 11.0. The smallest absolute Gasteiger partial charge is 0.337 e. The van der Waals surface area contributed by atoms with Gasteiger partial charge in [0.1, 0.15) is 0 Å². The standard InChI is InChI=1S/C16H15BrN2O4/c1-22-14-6-3-10(7-15(14)23-2)9-18-19-13-5-4-11(17)8-12(13)16(20)21/h3-9,19H,1-2H3,(H,20,21). The number of halogens is 1. The number of carboxylic acid groups (broad SMARTS) is 1. The predicted molar refractivity (Wildman–Crippen MR) is 91.9 cm³/mol. The molecule has 2 rings (SSSR count). The molecule has 0 atom stereocenters. The van der Waals surface area contributed by atoms with Crippen LogP contribution in [-0.2, 0) is 0 Å². The first-order valence-electron chi connectivity index (χ1n) is 6.59. The van der Waals surface area contributed by atoms with E-state index in [1.807, 2.05) is 6.07 Å². The van der Waals surface area contributed by atoms with Gasteiger partial charge >= 0.3 is 5.97 Å². The zero-order valence-electron chi connectivity index (χ0n) is 12.5. The largest absolute Gasteiger partial charge is 0.493 e. The molecule has 6 nitrogen and oxygen atoms in total. The zero-order valence-corrected chi connectivity index (χ0v) is 14.1. The van der Waals surface area contributed by atoms with E-state index in [9.17, 15) is 9.90 Å². The van der Waals surface area contributed by atoms with Crippen molar-refractivity contribution < 1.29 is 19.4 Å². The molecule has 0 bridgehead atoms. The topological polar surface area (TPSA) is 80.2 Å². The zero-order chi connectivity index (χ0) is 16.8. The maximum atomic E-state index is 11.2. The lowest BCUT2D eigenvalue weighted by atomic mass is 10.2. The molecule has 23 heavy (non-hydrogen) atoms. The van der Waals surface area contributed by atoms with Gasteiger partial charge in [0.2, 0.25) is 0 Å². The summed E-state index contributed by atoms with van der Waals surface area (Å²) < 4.78 is 11.1. The number of carboxylic acids is 1. The number of carbonyl (C=O) groups is 1. The summed E-state index contributed by atoms with van der Waals surface area (Å²) in [6.07, 6.45) is 1.57. The van der Waals surface area contributed by atoms with Gasteiger partial charge in [-0.1, -0.05) is 15.9 Å². The minimum Gasteiger partial charge on any atom is -0.493 e. The quantitative estimate of drug-likeness (QED) is 0.592. The molecular weight excluding hydrogens is 364 g/mol. The Bertz CT molecular complexity index is 747. The van der Waals surface area contributed by atoms with E-state index in [0.29, 0.717) is 21.7 Å². The first-order valence-corrected chi connectivity index (χ1v) is 7.38. The van der Waals surface area contributed by atoms with Gasteiger partial charge in [-0.15, -0.1) is 0 Å². The highest BCUT2D eigenvalue weighted by Gasteiger charge is 2.10. The molecule has 0 amide bonds. The SMILES string of the molecule is COc1ccc(C=NNc2ccc(Br)cc2C(=O)O)cc1OC. The number of benzene rings is 2. The molecule has 0 spiro atoms. The number of methoxy groups -OCH3 is 2. The molecular formula is C16H15BrN2O4. The van der Waals surface area contributed by atoms with E-state index in [0.717, 1.165) is 5.56 Å². The number of nitrogens with one attached hydrogen (secondary N) is 1. The number of anilines is 1. The Morgan fingerprint density at radius 2 is 1.91 bits per heavy atom. The molecule has 0 saturated carbocycles. The third-order valence-electron chi connectivity index (χ3n) is 3.02. The summed E-state index contributed by atoms with van der Waals surface area (Å²) >= 11 is 3.24. The van der Waals surface area contributed by atoms with Crippen LogP contribution in [0.4, 0.5) is 5.69 Å². The molecule has 0 aliphatic carbocycles. The third-order valence-corrected chi connectivity index (χ3v) is 3.51. The van der Waals surface area contributed by atoms with Crippen LogP contribution in [0.3, 0.4) is 0 Å². The molecule has 0 radical (unpaired) electrons. The van der Waals surface area contributed by atoms with E-state index >= 15 is 0 Å². The molecule has 2 aromatic carbocycles. The number of hydrogen-bond acceptors (Lipinski definition) is 5. The summed E-state index contributed by atoms with van der Waals surface area (Å²) in [4.78, 5) is 11.2. The number of hydrazone groups is 1. The fraction of sp³-hybridized carbons (Fsp3) is 0.125. The molecule has 120 valence electrons. The molecule has 0 saturated heterocycles. The molecule has 0 fully saturated rings. The average molecular weight is 379 g/mol. The lowest BCUT2D eigenvalue weighted by molar-refractivity contribution is 0.0698. The second-order valence-corrected chi connectivity index (χ2v) is 5.40. The van der Waals surface area contributed by atoms with Crippen molar-refractivity contribution in [2.75, 3.05) is 19.6 Å². The van der Waals surface area contributed by atoms with Crippen LogP contribution in [0.5, 0.6) is 11.5 Å². The van der Waals surface area contributed by atoms with Crippen LogP contribution in [0, 0.1) is 0 Å². The Balaban J connectivity index is 2.18. The second kappa shape index (κ2) is 7.64. The third kappa shape index (κ3) is 4.23. The van der Waals surface area contributed by atoms with Crippen LogP contribution in [0.2, 0.25) is 0 Å². The van der Waals surface area contributed by atoms with Gasteiger partial charge in [-0.2, -0.15) is 5.10 Å².